The van der Waals surface area contributed by atoms with Crippen molar-refractivity contribution in [3.05, 3.63) is 42.5 Å². The minimum atomic E-state index is -0.214. The van der Waals surface area contributed by atoms with E-state index in [0.717, 1.165) is 16.6 Å². The maximum atomic E-state index is 11.4. The molecule has 26 heavy (non-hydrogen) atoms. The third-order valence-electron chi connectivity index (χ3n) is 3.92. The van der Waals surface area contributed by atoms with Crippen LogP contribution in [0.5, 0.6) is 11.5 Å². The monoisotopic (exact) mass is 354 g/mol. The summed E-state index contributed by atoms with van der Waals surface area (Å²) in [7, 11) is 1.60. The first kappa shape index (κ1) is 17.8. The minimum absolute atomic E-state index is 0.214. The Bertz CT molecular complexity index is 855. The first-order valence-corrected chi connectivity index (χ1v) is 8.63. The number of nitrogens with one attached hydrogen (secondary N) is 1. The summed E-state index contributed by atoms with van der Waals surface area (Å²) in [5.74, 6) is 1.73. The molecule has 3 aromatic rings. The molecule has 0 saturated heterocycles. The third-order valence-corrected chi connectivity index (χ3v) is 3.92. The number of benzene rings is 2. The summed E-state index contributed by atoms with van der Waals surface area (Å²) in [4.78, 5) is 19.4. The quantitative estimate of drug-likeness (QED) is 0.490. The smallest absolute Gasteiger partial charge is 0.305 e. The average molecular weight is 354 g/mol. The molecule has 0 unspecified atom stereocenters. The predicted molar refractivity (Wildman–Crippen MR) is 99.4 cm³/mol. The van der Waals surface area contributed by atoms with Crippen molar-refractivity contribution in [2.45, 2.75) is 19.8 Å². The molecule has 0 aliphatic carbocycles. The molecule has 3 rings (SSSR count). The van der Waals surface area contributed by atoms with Gasteiger partial charge in [-0.3, -0.25) is 4.79 Å². The molecule has 1 heterocycles. The molecule has 0 bridgehead atoms. The Morgan fingerprint density at radius 1 is 1.15 bits per heavy atom. The highest BCUT2D eigenvalue weighted by Gasteiger charge is 2.16. The lowest BCUT2D eigenvalue weighted by atomic mass is 10.1. The number of carbonyl (C=O) groups is 1. The number of rotatable bonds is 8. The maximum absolute atomic E-state index is 11.4. The van der Waals surface area contributed by atoms with E-state index in [9.17, 15) is 4.79 Å². The highest BCUT2D eigenvalue weighted by Crippen LogP contribution is 2.37. The van der Waals surface area contributed by atoms with Gasteiger partial charge in [-0.05, 0) is 37.6 Å². The predicted octanol–water partition coefficient (Wildman–Crippen LogP) is 3.96. The second-order valence-electron chi connectivity index (χ2n) is 5.70. The summed E-state index contributed by atoms with van der Waals surface area (Å²) in [6.45, 7) is 2.57. The van der Waals surface area contributed by atoms with Crippen LogP contribution in [0.4, 0.5) is 0 Å². The van der Waals surface area contributed by atoms with Gasteiger partial charge < -0.3 is 19.2 Å². The van der Waals surface area contributed by atoms with E-state index in [0.29, 0.717) is 43.4 Å². The van der Waals surface area contributed by atoms with Crippen LogP contribution >= 0.6 is 0 Å². The number of nitrogens with zero attached hydrogens (tertiary/aromatic N) is 1. The first-order valence-electron chi connectivity index (χ1n) is 8.63. The number of ether oxygens (including phenoxy) is 3. The Balaban J connectivity index is 1.81. The molecule has 0 radical (unpaired) electrons. The minimum Gasteiger partial charge on any atom is -0.493 e. The van der Waals surface area contributed by atoms with Crippen molar-refractivity contribution in [3.63, 3.8) is 0 Å². The fourth-order valence-electron chi connectivity index (χ4n) is 2.72. The summed E-state index contributed by atoms with van der Waals surface area (Å²) in [6, 6.07) is 13.5. The Kier molecular flexibility index (Phi) is 5.73. The van der Waals surface area contributed by atoms with Gasteiger partial charge in [0.05, 0.1) is 36.9 Å². The van der Waals surface area contributed by atoms with Crippen LogP contribution in [0.25, 0.3) is 22.4 Å². The Morgan fingerprint density at radius 2 is 2.00 bits per heavy atom. The van der Waals surface area contributed by atoms with Crippen LogP contribution in [-0.4, -0.2) is 36.3 Å². The van der Waals surface area contributed by atoms with Crippen LogP contribution in [0.2, 0.25) is 0 Å². The van der Waals surface area contributed by atoms with E-state index in [1.807, 2.05) is 42.5 Å². The van der Waals surface area contributed by atoms with Crippen LogP contribution in [0.3, 0.4) is 0 Å². The number of H-pyrrole nitrogens is 1. The fourth-order valence-corrected chi connectivity index (χ4v) is 2.72. The molecule has 1 N–H and O–H groups in total. The summed E-state index contributed by atoms with van der Waals surface area (Å²) >= 11 is 0. The third kappa shape index (κ3) is 3.96. The molecule has 0 aliphatic heterocycles. The van der Waals surface area contributed by atoms with Gasteiger partial charge in [0.2, 0.25) is 0 Å². The lowest BCUT2D eigenvalue weighted by Crippen LogP contribution is -2.07. The molecule has 136 valence electrons. The highest BCUT2D eigenvalue weighted by atomic mass is 16.5. The van der Waals surface area contributed by atoms with E-state index in [1.165, 1.54) is 0 Å². The first-order chi connectivity index (χ1) is 12.7. The summed E-state index contributed by atoms with van der Waals surface area (Å²) < 4.78 is 16.3. The Morgan fingerprint density at radius 3 is 2.77 bits per heavy atom. The maximum Gasteiger partial charge on any atom is 0.305 e. The van der Waals surface area contributed by atoms with Crippen molar-refractivity contribution < 1.29 is 19.0 Å². The summed E-state index contributed by atoms with van der Waals surface area (Å²) in [5, 5.41) is 0. The van der Waals surface area contributed by atoms with Gasteiger partial charge in [-0.25, -0.2) is 4.98 Å². The van der Waals surface area contributed by atoms with Crippen LogP contribution < -0.4 is 9.47 Å². The number of hydrogen-bond donors (Lipinski definition) is 1. The molecule has 2 aromatic carbocycles. The van der Waals surface area contributed by atoms with Gasteiger partial charge in [0, 0.05) is 6.42 Å². The van der Waals surface area contributed by atoms with Crippen molar-refractivity contribution in [2.24, 2.45) is 0 Å². The zero-order chi connectivity index (χ0) is 18.4. The van der Waals surface area contributed by atoms with Gasteiger partial charge in [0.15, 0.2) is 11.5 Å². The van der Waals surface area contributed by atoms with Crippen molar-refractivity contribution >= 4 is 17.0 Å². The van der Waals surface area contributed by atoms with E-state index in [2.05, 4.69) is 9.97 Å². The normalized spacial score (nSPS) is 10.7. The van der Waals surface area contributed by atoms with Crippen molar-refractivity contribution in [3.8, 4) is 22.9 Å². The molecule has 0 amide bonds. The molecular formula is C20H22N2O4. The van der Waals surface area contributed by atoms with Gasteiger partial charge in [0.25, 0.3) is 0 Å². The van der Waals surface area contributed by atoms with E-state index >= 15 is 0 Å². The fraction of sp³-hybridized carbons (Fsp3) is 0.300. The van der Waals surface area contributed by atoms with Crippen molar-refractivity contribution in [1.29, 1.82) is 0 Å². The van der Waals surface area contributed by atoms with Crippen LogP contribution in [0.15, 0.2) is 42.5 Å². The molecule has 0 aliphatic rings. The zero-order valence-corrected chi connectivity index (χ0v) is 15.0. The number of fused-ring (bicyclic) bond motifs is 1. The molecule has 0 saturated carbocycles. The van der Waals surface area contributed by atoms with Gasteiger partial charge in [-0.1, -0.05) is 18.2 Å². The molecule has 6 nitrogen and oxygen atoms in total. The van der Waals surface area contributed by atoms with E-state index in [-0.39, 0.29) is 5.97 Å². The standard InChI is InChI=1S/C20H22N2O4/c1-3-25-18(23)12-7-13-26-19-14(8-6-11-17(19)24-2)20-21-15-9-4-5-10-16(15)22-20/h4-6,8-11H,3,7,12-13H2,1-2H3,(H,21,22). The number of carbonyl (C=O) groups excluding carboxylic acids is 1. The number of aromatic nitrogens is 2. The number of esters is 1. The van der Waals surface area contributed by atoms with Crippen molar-refractivity contribution in [2.75, 3.05) is 20.3 Å². The van der Waals surface area contributed by atoms with Crippen LogP contribution in [0, 0.1) is 0 Å². The second kappa shape index (κ2) is 8.38. The van der Waals surface area contributed by atoms with Crippen LogP contribution in [-0.2, 0) is 9.53 Å². The Labute approximate surface area is 152 Å². The van der Waals surface area contributed by atoms with Gasteiger partial charge in [0.1, 0.15) is 5.82 Å². The molecular weight excluding hydrogens is 332 g/mol. The van der Waals surface area contributed by atoms with Crippen molar-refractivity contribution in [1.82, 2.24) is 9.97 Å². The summed E-state index contributed by atoms with van der Waals surface area (Å²) in [5.41, 5.74) is 2.66. The van der Waals surface area contributed by atoms with Gasteiger partial charge >= 0.3 is 5.97 Å². The molecule has 6 heteroatoms. The molecule has 0 atom stereocenters. The number of hydrogen-bond acceptors (Lipinski definition) is 5. The van der Waals surface area contributed by atoms with E-state index < -0.39 is 0 Å². The lowest BCUT2D eigenvalue weighted by Gasteiger charge is -2.14. The molecule has 1 aromatic heterocycles. The number of para-hydroxylation sites is 3. The Hall–Kier alpha value is -3.02. The topological polar surface area (TPSA) is 73.4 Å². The van der Waals surface area contributed by atoms with E-state index in [1.54, 1.807) is 14.0 Å². The lowest BCUT2D eigenvalue weighted by molar-refractivity contribution is -0.143. The summed E-state index contributed by atoms with van der Waals surface area (Å²) in [6.07, 6.45) is 0.888. The molecule has 0 fully saturated rings. The zero-order valence-electron chi connectivity index (χ0n) is 15.0. The van der Waals surface area contributed by atoms with Gasteiger partial charge in [-0.15, -0.1) is 0 Å². The number of aromatic amines is 1. The van der Waals surface area contributed by atoms with E-state index in [4.69, 9.17) is 14.2 Å². The number of methoxy groups -OCH3 is 1. The largest absolute Gasteiger partial charge is 0.493 e. The average Bonchev–Trinajstić information content (AvgIpc) is 3.09. The SMILES string of the molecule is CCOC(=O)CCCOc1c(OC)cccc1-c1nc2ccccc2[nH]1. The van der Waals surface area contributed by atoms with Crippen LogP contribution in [0.1, 0.15) is 19.8 Å². The second-order valence-corrected chi connectivity index (χ2v) is 5.70. The van der Waals surface area contributed by atoms with Gasteiger partial charge in [-0.2, -0.15) is 0 Å². The molecule has 0 spiro atoms. The highest BCUT2D eigenvalue weighted by molar-refractivity contribution is 5.81. The number of imidazole rings is 1.